The van der Waals surface area contributed by atoms with Gasteiger partial charge in [0.15, 0.2) is 0 Å². The van der Waals surface area contributed by atoms with Crippen LogP contribution in [-0.4, -0.2) is 78.2 Å². The second-order valence-electron chi connectivity index (χ2n) is 7.83. The van der Waals surface area contributed by atoms with E-state index in [0.717, 1.165) is 57.1 Å². The van der Waals surface area contributed by atoms with E-state index >= 15 is 0 Å². The minimum atomic E-state index is 0.00364. The number of amides is 1. The smallest absolute Gasteiger partial charge is 0.254 e. The molecule has 7 heteroatoms. The highest BCUT2D eigenvalue weighted by molar-refractivity contribution is 5.94. The summed E-state index contributed by atoms with van der Waals surface area (Å²) in [7, 11) is 2.13. The Bertz CT molecular complexity index is 802. The quantitative estimate of drug-likeness (QED) is 0.746. The number of piperazine rings is 1. The lowest BCUT2D eigenvalue weighted by molar-refractivity contribution is 0.0504. The summed E-state index contributed by atoms with van der Waals surface area (Å²) in [6.45, 7) is 5.70. The van der Waals surface area contributed by atoms with Crippen LogP contribution in [0.1, 0.15) is 28.9 Å². The van der Waals surface area contributed by atoms with Gasteiger partial charge in [-0.15, -0.1) is 0 Å². The second kappa shape index (κ2) is 9.33. The molecule has 4 rings (SSSR count). The third kappa shape index (κ3) is 5.10. The van der Waals surface area contributed by atoms with Crippen LogP contribution in [0.2, 0.25) is 0 Å². The van der Waals surface area contributed by atoms with Crippen molar-refractivity contribution in [3.8, 4) is 0 Å². The van der Waals surface area contributed by atoms with Crippen molar-refractivity contribution in [1.82, 2.24) is 19.8 Å². The van der Waals surface area contributed by atoms with Gasteiger partial charge in [-0.05, 0) is 44.2 Å². The summed E-state index contributed by atoms with van der Waals surface area (Å²) in [5, 5.41) is 0. The fraction of sp³-hybridized carbons (Fsp3) is 0.500. The number of hydrogen-bond donors (Lipinski definition) is 0. The van der Waals surface area contributed by atoms with Gasteiger partial charge in [-0.25, -0.2) is 4.98 Å². The fourth-order valence-electron chi connectivity index (χ4n) is 3.88. The first-order chi connectivity index (χ1) is 14.2. The zero-order valence-corrected chi connectivity index (χ0v) is 17.0. The Morgan fingerprint density at radius 3 is 2.76 bits per heavy atom. The molecule has 0 radical (unpaired) electrons. The van der Waals surface area contributed by atoms with Crippen LogP contribution in [0.15, 0.2) is 42.7 Å². The molecule has 29 heavy (non-hydrogen) atoms. The van der Waals surface area contributed by atoms with Crippen LogP contribution in [0.25, 0.3) is 0 Å². The van der Waals surface area contributed by atoms with Gasteiger partial charge in [-0.2, -0.15) is 0 Å². The molecule has 0 aromatic carbocycles. The first-order valence-electron chi connectivity index (χ1n) is 10.4. The van der Waals surface area contributed by atoms with Crippen molar-refractivity contribution in [2.75, 3.05) is 51.3 Å². The largest absolute Gasteiger partial charge is 0.376 e. The third-order valence-corrected chi connectivity index (χ3v) is 5.63. The van der Waals surface area contributed by atoms with Crippen LogP contribution in [-0.2, 0) is 11.3 Å². The lowest BCUT2D eigenvalue weighted by atomic mass is 10.1. The summed E-state index contributed by atoms with van der Waals surface area (Å²) in [5.74, 6) is 0.878. The van der Waals surface area contributed by atoms with Gasteiger partial charge in [0.2, 0.25) is 0 Å². The van der Waals surface area contributed by atoms with Crippen molar-refractivity contribution in [2.24, 2.45) is 0 Å². The molecule has 0 saturated carbocycles. The number of nitrogens with zero attached hydrogens (tertiary/aromatic N) is 5. The molecular weight excluding hydrogens is 366 g/mol. The Kier molecular flexibility index (Phi) is 6.36. The first kappa shape index (κ1) is 19.8. The lowest BCUT2D eigenvalue weighted by Crippen LogP contribution is -2.45. The molecular formula is C22H29N5O2. The normalized spacial score (nSPS) is 20.0. The molecule has 2 saturated heterocycles. The molecule has 154 valence electrons. The van der Waals surface area contributed by atoms with Crippen molar-refractivity contribution < 1.29 is 9.53 Å². The van der Waals surface area contributed by atoms with Gasteiger partial charge in [0, 0.05) is 57.3 Å². The maximum atomic E-state index is 13.4. The number of carbonyl (C=O) groups excluding carboxylic acids is 1. The highest BCUT2D eigenvalue weighted by atomic mass is 16.5. The molecule has 0 N–H and O–H groups in total. The minimum absolute atomic E-state index is 0.00364. The summed E-state index contributed by atoms with van der Waals surface area (Å²) in [6, 6.07) is 9.53. The number of aromatic nitrogens is 2. The highest BCUT2D eigenvalue weighted by Crippen LogP contribution is 2.19. The molecule has 2 aromatic heterocycles. The molecule has 7 nitrogen and oxygen atoms in total. The number of anilines is 1. The summed E-state index contributed by atoms with van der Waals surface area (Å²) in [5.41, 5.74) is 1.55. The summed E-state index contributed by atoms with van der Waals surface area (Å²) in [6.07, 6.45) is 5.66. The number of ether oxygens (including phenoxy) is 1. The standard InChI is InChI=1S/C22H29N5O2/c1-25-10-12-26(13-11-25)21-15-18(7-9-24-21)22(28)27(17-20-6-4-14-29-20)16-19-5-2-3-8-23-19/h2-3,5,7-9,15,20H,4,6,10-14,16-17H2,1H3/t20-/m0/s1. The molecule has 0 aliphatic carbocycles. The predicted octanol–water partition coefficient (Wildman–Crippen LogP) is 2.05. The Hall–Kier alpha value is -2.51. The van der Waals surface area contributed by atoms with E-state index in [1.807, 2.05) is 35.2 Å². The third-order valence-electron chi connectivity index (χ3n) is 5.63. The van der Waals surface area contributed by atoms with Crippen molar-refractivity contribution >= 4 is 11.7 Å². The zero-order chi connectivity index (χ0) is 20.1. The van der Waals surface area contributed by atoms with E-state index < -0.39 is 0 Å². The number of carbonyl (C=O) groups is 1. The lowest BCUT2D eigenvalue weighted by Gasteiger charge is -2.33. The van der Waals surface area contributed by atoms with Gasteiger partial charge >= 0.3 is 0 Å². The van der Waals surface area contributed by atoms with Gasteiger partial charge in [0.25, 0.3) is 5.91 Å². The number of pyridine rings is 2. The molecule has 2 aromatic rings. The van der Waals surface area contributed by atoms with E-state index in [2.05, 4.69) is 26.8 Å². The van der Waals surface area contributed by atoms with Crippen LogP contribution >= 0.6 is 0 Å². The van der Waals surface area contributed by atoms with Gasteiger partial charge in [0.1, 0.15) is 5.82 Å². The number of likely N-dealkylation sites (N-methyl/N-ethyl adjacent to an activating group) is 1. The Morgan fingerprint density at radius 2 is 2.03 bits per heavy atom. The number of hydrogen-bond acceptors (Lipinski definition) is 6. The maximum absolute atomic E-state index is 13.4. The van der Waals surface area contributed by atoms with Crippen molar-refractivity contribution in [3.05, 3.63) is 54.0 Å². The van der Waals surface area contributed by atoms with E-state index in [1.165, 1.54) is 0 Å². The summed E-state index contributed by atoms with van der Waals surface area (Å²) in [4.78, 5) is 28.8. The van der Waals surface area contributed by atoms with E-state index in [1.54, 1.807) is 12.4 Å². The Morgan fingerprint density at radius 1 is 1.17 bits per heavy atom. The maximum Gasteiger partial charge on any atom is 0.254 e. The molecule has 0 spiro atoms. The molecule has 1 amide bonds. The van der Waals surface area contributed by atoms with Crippen LogP contribution in [0.3, 0.4) is 0 Å². The Balaban J connectivity index is 1.52. The average molecular weight is 396 g/mol. The fourth-order valence-corrected chi connectivity index (χ4v) is 3.88. The van der Waals surface area contributed by atoms with Gasteiger partial charge in [0.05, 0.1) is 18.3 Å². The van der Waals surface area contributed by atoms with Gasteiger partial charge < -0.3 is 19.4 Å². The van der Waals surface area contributed by atoms with Crippen molar-refractivity contribution in [1.29, 1.82) is 0 Å². The topological polar surface area (TPSA) is 61.8 Å². The average Bonchev–Trinajstić information content (AvgIpc) is 3.27. The SMILES string of the molecule is CN1CCN(c2cc(C(=O)N(Cc3ccccn3)C[C@@H]3CCCO3)ccn2)CC1. The van der Waals surface area contributed by atoms with Gasteiger partial charge in [-0.1, -0.05) is 6.07 Å². The molecule has 2 aliphatic rings. The molecule has 0 unspecified atom stereocenters. The minimum Gasteiger partial charge on any atom is -0.376 e. The molecule has 2 aliphatic heterocycles. The van der Waals surface area contributed by atoms with Crippen molar-refractivity contribution in [3.63, 3.8) is 0 Å². The zero-order valence-electron chi connectivity index (χ0n) is 17.0. The molecule has 2 fully saturated rings. The van der Waals surface area contributed by atoms with Crippen LogP contribution < -0.4 is 4.90 Å². The monoisotopic (exact) mass is 395 g/mol. The first-order valence-corrected chi connectivity index (χ1v) is 10.4. The summed E-state index contributed by atoms with van der Waals surface area (Å²) >= 11 is 0. The van der Waals surface area contributed by atoms with Gasteiger partial charge in [-0.3, -0.25) is 9.78 Å². The van der Waals surface area contributed by atoms with E-state index in [0.29, 0.717) is 18.7 Å². The van der Waals surface area contributed by atoms with Crippen LogP contribution in [0, 0.1) is 0 Å². The summed E-state index contributed by atoms with van der Waals surface area (Å²) < 4.78 is 5.80. The second-order valence-corrected chi connectivity index (χ2v) is 7.83. The molecule has 1 atom stereocenters. The van der Waals surface area contributed by atoms with E-state index in [-0.39, 0.29) is 12.0 Å². The van der Waals surface area contributed by atoms with E-state index in [9.17, 15) is 4.79 Å². The van der Waals surface area contributed by atoms with Crippen LogP contribution in [0.5, 0.6) is 0 Å². The molecule has 0 bridgehead atoms. The molecule has 4 heterocycles. The predicted molar refractivity (Wildman–Crippen MR) is 112 cm³/mol. The highest BCUT2D eigenvalue weighted by Gasteiger charge is 2.25. The number of rotatable bonds is 6. The Labute approximate surface area is 172 Å². The van der Waals surface area contributed by atoms with Crippen LogP contribution in [0.4, 0.5) is 5.82 Å². The van der Waals surface area contributed by atoms with E-state index in [4.69, 9.17) is 4.74 Å². The van der Waals surface area contributed by atoms with Crippen molar-refractivity contribution in [2.45, 2.75) is 25.5 Å².